The number of fused-ring (bicyclic) bond motifs is 1. The van der Waals surface area contributed by atoms with Crippen LogP contribution in [0.1, 0.15) is 36.9 Å². The number of hydrogen-bond acceptors (Lipinski definition) is 4. The van der Waals surface area contributed by atoms with Crippen LogP contribution in [-0.2, 0) is 25.5 Å². The molecule has 3 unspecified atom stereocenters. The highest BCUT2D eigenvalue weighted by atomic mass is 16.5. The van der Waals surface area contributed by atoms with Gasteiger partial charge in [0.05, 0.1) is 12.7 Å². The number of hydrogen-bond donors (Lipinski definition) is 1. The van der Waals surface area contributed by atoms with E-state index in [9.17, 15) is 14.7 Å². The SMILES string of the molecule is CC(OCC1CCCO1)C(=O)N1CCc2ccccc2C1C(=O)O. The molecule has 0 saturated carbocycles. The van der Waals surface area contributed by atoms with E-state index in [4.69, 9.17) is 9.47 Å². The van der Waals surface area contributed by atoms with Gasteiger partial charge < -0.3 is 19.5 Å². The van der Waals surface area contributed by atoms with E-state index in [2.05, 4.69) is 0 Å². The second-order valence-electron chi connectivity index (χ2n) is 6.33. The first-order chi connectivity index (χ1) is 11.6. The van der Waals surface area contributed by atoms with E-state index < -0.39 is 18.1 Å². The molecule has 0 spiro atoms. The van der Waals surface area contributed by atoms with Gasteiger partial charge in [0.15, 0.2) is 6.04 Å². The second kappa shape index (κ2) is 7.32. The molecular formula is C18H23NO5. The molecule has 1 N–H and O–H groups in total. The van der Waals surface area contributed by atoms with Gasteiger partial charge in [0.25, 0.3) is 5.91 Å². The highest BCUT2D eigenvalue weighted by molar-refractivity contribution is 5.87. The molecule has 1 saturated heterocycles. The van der Waals surface area contributed by atoms with Gasteiger partial charge in [0.2, 0.25) is 0 Å². The molecule has 6 nitrogen and oxygen atoms in total. The predicted octanol–water partition coefficient (Wildman–Crippen LogP) is 1.78. The van der Waals surface area contributed by atoms with Gasteiger partial charge in [0.1, 0.15) is 6.10 Å². The molecule has 3 rings (SSSR count). The normalized spacial score (nSPS) is 24.5. The van der Waals surface area contributed by atoms with Crippen LogP contribution in [0.4, 0.5) is 0 Å². The number of carboxylic acid groups (broad SMARTS) is 1. The Labute approximate surface area is 141 Å². The Bertz CT molecular complexity index is 611. The van der Waals surface area contributed by atoms with Crippen LogP contribution in [0.3, 0.4) is 0 Å². The van der Waals surface area contributed by atoms with Crippen molar-refractivity contribution in [1.29, 1.82) is 0 Å². The summed E-state index contributed by atoms with van der Waals surface area (Å²) in [4.78, 5) is 25.9. The van der Waals surface area contributed by atoms with Crippen LogP contribution >= 0.6 is 0 Å². The summed E-state index contributed by atoms with van der Waals surface area (Å²) in [5, 5.41) is 9.63. The van der Waals surface area contributed by atoms with Gasteiger partial charge >= 0.3 is 5.97 Å². The zero-order valence-electron chi connectivity index (χ0n) is 13.8. The third-order valence-corrected chi connectivity index (χ3v) is 4.70. The minimum Gasteiger partial charge on any atom is -0.479 e. The number of carbonyl (C=O) groups excluding carboxylic acids is 1. The molecule has 1 fully saturated rings. The molecular weight excluding hydrogens is 310 g/mol. The molecule has 2 heterocycles. The van der Waals surface area contributed by atoms with Crippen LogP contribution in [0.15, 0.2) is 24.3 Å². The molecule has 0 aliphatic carbocycles. The highest BCUT2D eigenvalue weighted by Gasteiger charge is 2.37. The summed E-state index contributed by atoms with van der Waals surface area (Å²) in [6.07, 6.45) is 1.97. The zero-order chi connectivity index (χ0) is 17.1. The Morgan fingerprint density at radius 2 is 2.21 bits per heavy atom. The minimum atomic E-state index is -1.01. The lowest BCUT2D eigenvalue weighted by Gasteiger charge is -2.36. The number of rotatable bonds is 5. The molecule has 2 aliphatic heterocycles. The van der Waals surface area contributed by atoms with Crippen molar-refractivity contribution in [3.8, 4) is 0 Å². The van der Waals surface area contributed by atoms with Gasteiger partial charge in [-0.25, -0.2) is 4.79 Å². The van der Waals surface area contributed by atoms with Crippen molar-refractivity contribution < 1.29 is 24.2 Å². The summed E-state index contributed by atoms with van der Waals surface area (Å²) in [6, 6.07) is 6.45. The van der Waals surface area contributed by atoms with Crippen molar-refractivity contribution in [3.05, 3.63) is 35.4 Å². The maximum Gasteiger partial charge on any atom is 0.331 e. The minimum absolute atomic E-state index is 0.0394. The average Bonchev–Trinajstić information content (AvgIpc) is 3.11. The number of nitrogens with zero attached hydrogens (tertiary/aromatic N) is 1. The molecule has 1 amide bonds. The number of aliphatic carboxylic acids is 1. The number of ether oxygens (including phenoxy) is 2. The Kier molecular flexibility index (Phi) is 5.16. The third-order valence-electron chi connectivity index (χ3n) is 4.70. The number of carbonyl (C=O) groups is 2. The van der Waals surface area contributed by atoms with Gasteiger partial charge in [-0.05, 0) is 37.3 Å². The largest absolute Gasteiger partial charge is 0.479 e. The van der Waals surface area contributed by atoms with E-state index >= 15 is 0 Å². The standard InChI is InChI=1S/C18H23NO5/c1-12(24-11-14-6-4-10-23-14)17(20)19-9-8-13-5-2-3-7-15(13)16(19)18(21)22/h2-3,5,7,12,14,16H,4,6,8-11H2,1H3,(H,21,22). The van der Waals surface area contributed by atoms with Crippen LogP contribution in [0.25, 0.3) is 0 Å². The number of benzene rings is 1. The fourth-order valence-electron chi connectivity index (χ4n) is 3.40. The Balaban J connectivity index is 1.70. The molecule has 0 aromatic heterocycles. The number of amides is 1. The number of carboxylic acids is 1. The van der Waals surface area contributed by atoms with Gasteiger partial charge in [-0.15, -0.1) is 0 Å². The quantitative estimate of drug-likeness (QED) is 0.889. The summed E-state index contributed by atoms with van der Waals surface area (Å²) >= 11 is 0. The maximum absolute atomic E-state index is 12.7. The van der Waals surface area contributed by atoms with E-state index in [0.717, 1.165) is 25.0 Å². The fourth-order valence-corrected chi connectivity index (χ4v) is 3.40. The van der Waals surface area contributed by atoms with Gasteiger partial charge in [-0.1, -0.05) is 24.3 Å². The zero-order valence-corrected chi connectivity index (χ0v) is 13.8. The summed E-state index contributed by atoms with van der Waals surface area (Å²) in [5.41, 5.74) is 1.68. The van der Waals surface area contributed by atoms with Gasteiger partial charge in [-0.3, -0.25) is 4.79 Å². The summed E-state index contributed by atoms with van der Waals surface area (Å²) < 4.78 is 11.1. The van der Waals surface area contributed by atoms with Crippen molar-refractivity contribution in [1.82, 2.24) is 4.90 Å². The van der Waals surface area contributed by atoms with Gasteiger partial charge in [-0.2, -0.15) is 0 Å². The Hall–Kier alpha value is -1.92. The molecule has 1 aromatic carbocycles. The molecule has 0 radical (unpaired) electrons. The smallest absolute Gasteiger partial charge is 0.331 e. The highest BCUT2D eigenvalue weighted by Crippen LogP contribution is 2.30. The van der Waals surface area contributed by atoms with E-state index in [-0.39, 0.29) is 12.0 Å². The lowest BCUT2D eigenvalue weighted by Crippen LogP contribution is -2.48. The molecule has 24 heavy (non-hydrogen) atoms. The third kappa shape index (κ3) is 3.44. The van der Waals surface area contributed by atoms with Crippen LogP contribution in [0, 0.1) is 0 Å². The van der Waals surface area contributed by atoms with Crippen LogP contribution in [0.2, 0.25) is 0 Å². The van der Waals surface area contributed by atoms with Crippen molar-refractivity contribution >= 4 is 11.9 Å². The monoisotopic (exact) mass is 333 g/mol. The van der Waals surface area contributed by atoms with E-state index in [0.29, 0.717) is 25.1 Å². The first kappa shape index (κ1) is 16.9. The maximum atomic E-state index is 12.7. The second-order valence-corrected chi connectivity index (χ2v) is 6.33. The first-order valence-corrected chi connectivity index (χ1v) is 8.42. The first-order valence-electron chi connectivity index (χ1n) is 8.42. The van der Waals surface area contributed by atoms with Crippen molar-refractivity contribution in [2.45, 2.75) is 44.4 Å². The lowest BCUT2D eigenvalue weighted by atomic mass is 9.92. The molecule has 6 heteroatoms. The van der Waals surface area contributed by atoms with Crippen molar-refractivity contribution in [3.63, 3.8) is 0 Å². The van der Waals surface area contributed by atoms with E-state index in [1.807, 2.05) is 12.1 Å². The van der Waals surface area contributed by atoms with E-state index in [1.165, 1.54) is 4.90 Å². The summed E-state index contributed by atoms with van der Waals surface area (Å²) in [7, 11) is 0. The summed E-state index contributed by atoms with van der Waals surface area (Å²) in [6.45, 7) is 3.17. The Morgan fingerprint density at radius 1 is 1.42 bits per heavy atom. The fraction of sp³-hybridized carbons (Fsp3) is 0.556. The van der Waals surface area contributed by atoms with E-state index in [1.54, 1.807) is 19.1 Å². The molecule has 3 atom stereocenters. The average molecular weight is 333 g/mol. The molecule has 2 aliphatic rings. The van der Waals surface area contributed by atoms with Crippen LogP contribution in [0.5, 0.6) is 0 Å². The molecule has 1 aromatic rings. The summed E-state index contributed by atoms with van der Waals surface area (Å²) in [5.74, 6) is -1.29. The Morgan fingerprint density at radius 3 is 2.92 bits per heavy atom. The molecule has 0 bridgehead atoms. The van der Waals surface area contributed by atoms with Crippen molar-refractivity contribution in [2.24, 2.45) is 0 Å². The van der Waals surface area contributed by atoms with Gasteiger partial charge in [0, 0.05) is 13.2 Å². The van der Waals surface area contributed by atoms with Crippen molar-refractivity contribution in [2.75, 3.05) is 19.8 Å². The topological polar surface area (TPSA) is 76.1 Å². The predicted molar refractivity (Wildman–Crippen MR) is 86.6 cm³/mol. The van der Waals surface area contributed by atoms with Crippen LogP contribution in [-0.4, -0.2) is 53.8 Å². The lowest BCUT2D eigenvalue weighted by molar-refractivity contribution is -0.157. The molecule has 130 valence electrons. The van der Waals surface area contributed by atoms with Crippen LogP contribution < -0.4 is 0 Å².